The van der Waals surface area contributed by atoms with Crippen LogP contribution in [0.4, 0.5) is 0 Å². The van der Waals surface area contributed by atoms with Crippen LogP contribution in [0.25, 0.3) is 0 Å². The largest absolute Gasteiger partial charge is 0.460 e. The van der Waals surface area contributed by atoms with Crippen LogP contribution < -0.4 is 0 Å². The Morgan fingerprint density at radius 3 is 2.30 bits per heavy atom. The molecule has 16 atom stereocenters. The fourth-order valence-corrected chi connectivity index (χ4v) is 10.4. The van der Waals surface area contributed by atoms with Crippen LogP contribution in [0.1, 0.15) is 145 Å². The van der Waals surface area contributed by atoms with E-state index < -0.39 is 90.0 Å². The number of fused-ring (bicyclic) bond motifs is 3. The molecule has 14 heteroatoms. The Morgan fingerprint density at radius 2 is 1.61 bits per heavy atom. The SMILES string of the molecule is CCCC#CO[C@H]1C[C@@H]2CC[C@@H](C)[C@@](O)(O2)C(=O)C(=O)N2CCCC[C@H]2C(=O)O[C@H]([C@H](C)C[C@@H]2CCC(O)[C@H](OC)C2)CC(O)[C@H](C)/C=C(\C)[C@@H](O)[C@@H](OC)C(=O)[C@H](C)C[C@H](C)/C=C/C=CC=C1C. The van der Waals surface area contributed by atoms with E-state index in [2.05, 4.69) is 12.0 Å². The number of methoxy groups -OCH3 is 2. The molecule has 14 nitrogen and oxygen atoms in total. The minimum Gasteiger partial charge on any atom is -0.460 e. The number of ether oxygens (including phenoxy) is 5. The number of carbonyl (C=O) groups excluding carboxylic acids is 4. The molecular formula is C55H85NO13. The lowest BCUT2D eigenvalue weighted by Gasteiger charge is -2.42. The molecule has 3 heterocycles. The van der Waals surface area contributed by atoms with E-state index in [9.17, 15) is 39.6 Å². The van der Waals surface area contributed by atoms with Gasteiger partial charge in [0.2, 0.25) is 5.79 Å². The molecule has 4 aliphatic rings. The number of hydrogen-bond donors (Lipinski definition) is 4. The third kappa shape index (κ3) is 16.2. The van der Waals surface area contributed by atoms with Crippen LogP contribution >= 0.6 is 0 Å². The first kappa shape index (κ1) is 57.9. The first-order chi connectivity index (χ1) is 32.7. The molecule has 0 aromatic heterocycles. The Morgan fingerprint density at radius 1 is 0.870 bits per heavy atom. The average Bonchev–Trinajstić information content (AvgIpc) is 3.32. The van der Waals surface area contributed by atoms with Crippen molar-refractivity contribution >= 4 is 23.4 Å². The first-order valence-electron chi connectivity index (χ1n) is 25.7. The molecule has 2 saturated heterocycles. The van der Waals surface area contributed by atoms with Gasteiger partial charge >= 0.3 is 5.97 Å². The average molecular weight is 968 g/mol. The lowest BCUT2D eigenvalue weighted by molar-refractivity contribution is -0.265. The van der Waals surface area contributed by atoms with E-state index in [4.69, 9.17) is 23.7 Å². The molecule has 1 amide bonds. The van der Waals surface area contributed by atoms with Gasteiger partial charge in [0, 0.05) is 57.8 Å². The zero-order chi connectivity index (χ0) is 51.0. The fraction of sp³-hybridized carbons (Fsp3) is 0.745. The predicted molar refractivity (Wildman–Crippen MR) is 263 cm³/mol. The van der Waals surface area contributed by atoms with Crippen LogP contribution in [-0.4, -0.2) is 130 Å². The van der Waals surface area contributed by atoms with Gasteiger partial charge in [-0.25, -0.2) is 4.79 Å². The molecule has 4 rings (SSSR count). The summed E-state index contributed by atoms with van der Waals surface area (Å²) >= 11 is 0. The molecular weight excluding hydrogens is 883 g/mol. The van der Waals surface area contributed by atoms with Crippen molar-refractivity contribution in [1.82, 2.24) is 4.90 Å². The van der Waals surface area contributed by atoms with Gasteiger partial charge < -0.3 is 49.0 Å². The standard InChI is InChI=1S/C55H85NO13/c1-11-12-18-27-67-46-32-42-24-22-40(8)55(64,69-42)52(61)53(62)56-26-17-16-21-43(56)54(63)68-47(37(5)30-41-23-25-44(57)48(31-41)65-9)33-45(58)36(4)29-39(7)50(60)51(66-10)49(59)38(6)28-34(2)19-14-13-15-20-35(46)3/h13-15,19-20,29,34,36-38,40-48,50-51,57-58,60,64H,11-12,16-17,21-26,28,30-33H2,1-10H3/b15-13?,19-14+,35-20?,39-29+/t34-,36-,37-,38-,40-,41+,42+,43+,44?,45?,46+,47+,48-,50-,51+,55-/m1/s1. The molecule has 1 saturated carbocycles. The molecule has 4 N–H and O–H groups in total. The number of unbranched alkanes of at least 4 members (excludes halogenated alkanes) is 1. The number of esters is 1. The third-order valence-electron chi connectivity index (χ3n) is 15.0. The van der Waals surface area contributed by atoms with E-state index in [-0.39, 0.29) is 55.4 Å². The number of ketones is 2. The summed E-state index contributed by atoms with van der Waals surface area (Å²) in [5.41, 5.74) is 1.27. The zero-order valence-electron chi connectivity index (χ0n) is 43.1. The molecule has 0 spiro atoms. The minimum atomic E-state index is -2.46. The summed E-state index contributed by atoms with van der Waals surface area (Å²) in [6, 6.07) is -1.13. The van der Waals surface area contributed by atoms with E-state index in [1.54, 1.807) is 34.0 Å². The first-order valence-corrected chi connectivity index (χ1v) is 25.7. The van der Waals surface area contributed by atoms with Crippen LogP contribution in [0, 0.1) is 47.5 Å². The molecule has 2 unspecified atom stereocenters. The summed E-state index contributed by atoms with van der Waals surface area (Å²) in [4.78, 5) is 58.2. The van der Waals surface area contributed by atoms with Gasteiger partial charge in [-0.15, -0.1) is 0 Å². The van der Waals surface area contributed by atoms with Gasteiger partial charge in [0.05, 0.1) is 24.4 Å². The molecule has 3 aliphatic heterocycles. The number of nitrogens with zero attached hydrogens (tertiary/aromatic N) is 1. The van der Waals surface area contributed by atoms with Crippen LogP contribution in [0.5, 0.6) is 0 Å². The Balaban J connectivity index is 1.73. The molecule has 388 valence electrons. The van der Waals surface area contributed by atoms with Gasteiger partial charge in [-0.3, -0.25) is 14.4 Å². The topological polar surface area (TPSA) is 199 Å². The number of carbonyl (C=O) groups is 4. The van der Waals surface area contributed by atoms with Crippen molar-refractivity contribution in [1.29, 1.82) is 0 Å². The van der Waals surface area contributed by atoms with Gasteiger partial charge in [-0.1, -0.05) is 83.9 Å². The highest BCUT2D eigenvalue weighted by Gasteiger charge is 2.53. The summed E-state index contributed by atoms with van der Waals surface area (Å²) in [5, 5.41) is 45.9. The molecule has 0 radical (unpaired) electrons. The Hall–Kier alpha value is -3.68. The Bertz CT molecular complexity index is 1880. The second-order valence-corrected chi connectivity index (χ2v) is 20.7. The number of aliphatic hydroxyl groups is 4. The van der Waals surface area contributed by atoms with E-state index in [1.165, 1.54) is 12.0 Å². The lowest BCUT2D eigenvalue weighted by Crippen LogP contribution is -2.61. The number of hydrogen-bond acceptors (Lipinski definition) is 13. The number of cyclic esters (lactones) is 1. The van der Waals surface area contributed by atoms with Crippen LogP contribution in [0.3, 0.4) is 0 Å². The number of piperidine rings is 1. The minimum absolute atomic E-state index is 0.0107. The smallest absolute Gasteiger partial charge is 0.329 e. The Kier molecular flexibility index (Phi) is 23.3. The van der Waals surface area contributed by atoms with E-state index in [1.807, 2.05) is 65.0 Å². The van der Waals surface area contributed by atoms with Gasteiger partial charge in [-0.2, -0.15) is 0 Å². The van der Waals surface area contributed by atoms with Gasteiger partial charge in [-0.05, 0) is 113 Å². The highest BCUT2D eigenvalue weighted by molar-refractivity contribution is 6.39. The van der Waals surface area contributed by atoms with E-state index >= 15 is 0 Å². The van der Waals surface area contributed by atoms with Crippen LogP contribution in [0.2, 0.25) is 0 Å². The second kappa shape index (κ2) is 27.8. The van der Waals surface area contributed by atoms with Crippen molar-refractivity contribution in [3.63, 3.8) is 0 Å². The maximum atomic E-state index is 14.5. The number of allylic oxidation sites excluding steroid dienone is 5. The summed E-state index contributed by atoms with van der Waals surface area (Å²) in [5.74, 6) is -4.42. The highest BCUT2D eigenvalue weighted by atomic mass is 16.6. The zero-order valence-corrected chi connectivity index (χ0v) is 43.1. The maximum Gasteiger partial charge on any atom is 0.329 e. The number of rotatable bonds is 7. The Labute approximate surface area is 412 Å². The highest BCUT2D eigenvalue weighted by Crippen LogP contribution is 2.38. The third-order valence-corrected chi connectivity index (χ3v) is 15.0. The molecule has 2 bridgehead atoms. The van der Waals surface area contributed by atoms with Gasteiger partial charge in [0.1, 0.15) is 36.6 Å². The van der Waals surface area contributed by atoms with E-state index in [0.29, 0.717) is 63.4 Å². The van der Waals surface area contributed by atoms with Crippen molar-refractivity contribution < 1.29 is 63.3 Å². The van der Waals surface area contributed by atoms with E-state index in [0.717, 1.165) is 18.4 Å². The lowest BCUT2D eigenvalue weighted by atomic mass is 9.78. The summed E-state index contributed by atoms with van der Waals surface area (Å²) in [6.07, 6.45) is 14.6. The predicted octanol–water partition coefficient (Wildman–Crippen LogP) is 7.10. The number of aliphatic hydroxyl groups excluding tert-OH is 3. The second-order valence-electron chi connectivity index (χ2n) is 20.7. The number of amides is 1. The number of Topliss-reactive ketones (excluding diaryl/α,β-unsaturated/α-hetero) is 2. The van der Waals surface area contributed by atoms with Crippen molar-refractivity contribution in [2.24, 2.45) is 35.5 Å². The summed E-state index contributed by atoms with van der Waals surface area (Å²) in [7, 11) is 2.97. The van der Waals surface area contributed by atoms with Crippen LogP contribution in [0.15, 0.2) is 47.6 Å². The maximum absolute atomic E-state index is 14.5. The quantitative estimate of drug-likeness (QED) is 0.0873. The van der Waals surface area contributed by atoms with Crippen LogP contribution in [-0.2, 0) is 42.9 Å². The van der Waals surface area contributed by atoms with Gasteiger partial charge in [0.15, 0.2) is 5.78 Å². The molecule has 0 aromatic rings. The fourth-order valence-electron chi connectivity index (χ4n) is 10.4. The normalized spacial score (nSPS) is 38.3. The van der Waals surface area contributed by atoms with Crippen molar-refractivity contribution in [2.75, 3.05) is 20.8 Å². The molecule has 3 fully saturated rings. The molecule has 1 aliphatic carbocycles. The summed E-state index contributed by atoms with van der Waals surface area (Å²) in [6.45, 7) is 15.0. The molecule has 0 aromatic carbocycles. The van der Waals surface area contributed by atoms with Crippen molar-refractivity contribution in [3.8, 4) is 12.0 Å². The van der Waals surface area contributed by atoms with Gasteiger partial charge in [0.25, 0.3) is 11.7 Å². The monoisotopic (exact) mass is 968 g/mol. The van der Waals surface area contributed by atoms with Crippen molar-refractivity contribution in [3.05, 3.63) is 47.6 Å². The molecule has 69 heavy (non-hydrogen) atoms. The summed E-state index contributed by atoms with van der Waals surface area (Å²) < 4.78 is 29.8. The van der Waals surface area contributed by atoms with Crippen molar-refractivity contribution in [2.45, 2.75) is 206 Å².